The first-order valence-electron chi connectivity index (χ1n) is 8.09. The maximum Gasteiger partial charge on any atom is 0.150 e. The van der Waals surface area contributed by atoms with E-state index in [0.29, 0.717) is 11.6 Å². The van der Waals surface area contributed by atoms with Crippen LogP contribution in [-0.2, 0) is 0 Å². The Hall–Kier alpha value is -3.21. The molecule has 0 saturated carbocycles. The molecule has 3 rings (SSSR count). The second kappa shape index (κ2) is 7.57. The Morgan fingerprint density at radius 3 is 2.36 bits per heavy atom. The average molecular weight is 331 g/mol. The lowest BCUT2D eigenvalue weighted by Crippen LogP contribution is -2.08. The third-order valence-electron chi connectivity index (χ3n) is 3.71. The second-order valence-electron chi connectivity index (χ2n) is 5.91. The average Bonchev–Trinajstić information content (AvgIpc) is 2.62. The quantitative estimate of drug-likeness (QED) is 0.568. The largest absolute Gasteiger partial charge is 0.378 e. The predicted octanol–water partition coefficient (Wildman–Crippen LogP) is 3.96. The number of nitrogens with one attached hydrogen (secondary N) is 1. The van der Waals surface area contributed by atoms with Crippen LogP contribution in [0.4, 0.5) is 11.5 Å². The van der Waals surface area contributed by atoms with E-state index in [0.717, 1.165) is 22.5 Å². The molecule has 0 saturated heterocycles. The Morgan fingerprint density at radius 2 is 1.68 bits per heavy atom. The van der Waals surface area contributed by atoms with Crippen LogP contribution >= 0.6 is 0 Å². The zero-order valence-corrected chi connectivity index (χ0v) is 14.6. The lowest BCUT2D eigenvalue weighted by Gasteiger charge is -2.11. The molecule has 3 aromatic rings. The Kier molecular flexibility index (Phi) is 5.04. The van der Waals surface area contributed by atoms with Crippen LogP contribution in [0, 0.1) is 6.92 Å². The van der Waals surface area contributed by atoms with Crippen molar-refractivity contribution < 1.29 is 0 Å². The van der Waals surface area contributed by atoms with Crippen LogP contribution in [0.1, 0.15) is 11.4 Å². The lowest BCUT2D eigenvalue weighted by atomic mass is 10.1. The molecule has 0 aliphatic carbocycles. The molecule has 25 heavy (non-hydrogen) atoms. The molecule has 0 atom stereocenters. The molecular weight excluding hydrogens is 310 g/mol. The molecule has 126 valence electrons. The third kappa shape index (κ3) is 4.41. The normalized spacial score (nSPS) is 10.8. The van der Waals surface area contributed by atoms with Crippen molar-refractivity contribution in [1.82, 2.24) is 9.97 Å². The fourth-order valence-electron chi connectivity index (χ4n) is 2.41. The summed E-state index contributed by atoms with van der Waals surface area (Å²) in [5, 5.41) is 4.28. The van der Waals surface area contributed by atoms with Crippen molar-refractivity contribution in [3.8, 4) is 11.3 Å². The van der Waals surface area contributed by atoms with Gasteiger partial charge in [0.1, 0.15) is 11.6 Å². The molecule has 0 amide bonds. The van der Waals surface area contributed by atoms with Crippen molar-refractivity contribution in [1.29, 1.82) is 0 Å². The van der Waals surface area contributed by atoms with E-state index in [1.165, 1.54) is 0 Å². The van der Waals surface area contributed by atoms with Gasteiger partial charge >= 0.3 is 0 Å². The van der Waals surface area contributed by atoms with E-state index < -0.39 is 0 Å². The van der Waals surface area contributed by atoms with Crippen LogP contribution in [0.15, 0.2) is 65.8 Å². The molecule has 0 bridgehead atoms. The smallest absolute Gasteiger partial charge is 0.150 e. The number of benzene rings is 2. The van der Waals surface area contributed by atoms with E-state index in [-0.39, 0.29) is 0 Å². The fourth-order valence-corrected chi connectivity index (χ4v) is 2.41. The topological polar surface area (TPSA) is 53.4 Å². The van der Waals surface area contributed by atoms with E-state index in [1.54, 1.807) is 6.21 Å². The first kappa shape index (κ1) is 16.6. The number of hydrogen-bond donors (Lipinski definition) is 1. The highest BCUT2D eigenvalue weighted by Crippen LogP contribution is 2.19. The first-order valence-corrected chi connectivity index (χ1v) is 8.09. The van der Waals surface area contributed by atoms with Gasteiger partial charge in [-0.25, -0.2) is 9.97 Å². The van der Waals surface area contributed by atoms with Gasteiger partial charge in [0.05, 0.1) is 11.9 Å². The SMILES string of the molecule is Cc1nc(NN=Cc2ccc(N(C)C)cc2)cc(-c2ccccc2)n1. The minimum absolute atomic E-state index is 0.674. The van der Waals surface area contributed by atoms with Crippen molar-refractivity contribution in [2.75, 3.05) is 24.4 Å². The molecule has 1 heterocycles. The number of hydrogen-bond acceptors (Lipinski definition) is 5. The maximum atomic E-state index is 4.49. The number of hydrazone groups is 1. The van der Waals surface area contributed by atoms with E-state index in [9.17, 15) is 0 Å². The molecule has 5 heteroatoms. The summed E-state index contributed by atoms with van der Waals surface area (Å²) in [7, 11) is 4.04. The van der Waals surface area contributed by atoms with Gasteiger partial charge in [0.2, 0.25) is 0 Å². The number of anilines is 2. The fraction of sp³-hybridized carbons (Fsp3) is 0.150. The maximum absolute atomic E-state index is 4.49. The monoisotopic (exact) mass is 331 g/mol. The Labute approximate surface area is 148 Å². The molecule has 0 aliphatic rings. The van der Waals surface area contributed by atoms with Gasteiger partial charge in [0.15, 0.2) is 0 Å². The van der Waals surface area contributed by atoms with Gasteiger partial charge in [-0.1, -0.05) is 42.5 Å². The lowest BCUT2D eigenvalue weighted by molar-refractivity contribution is 1.05. The molecule has 0 unspecified atom stereocenters. The zero-order chi connectivity index (χ0) is 17.6. The third-order valence-corrected chi connectivity index (χ3v) is 3.71. The number of rotatable bonds is 5. The van der Waals surface area contributed by atoms with E-state index >= 15 is 0 Å². The van der Waals surface area contributed by atoms with Crippen molar-refractivity contribution in [2.24, 2.45) is 5.10 Å². The molecule has 0 spiro atoms. The first-order chi connectivity index (χ1) is 12.1. The van der Waals surface area contributed by atoms with Crippen molar-refractivity contribution in [3.63, 3.8) is 0 Å². The molecule has 0 aliphatic heterocycles. The van der Waals surface area contributed by atoms with Crippen molar-refractivity contribution in [3.05, 3.63) is 72.1 Å². The number of nitrogens with zero attached hydrogens (tertiary/aromatic N) is 4. The van der Waals surface area contributed by atoms with Crippen LogP contribution in [0.3, 0.4) is 0 Å². The molecule has 0 radical (unpaired) electrons. The van der Waals surface area contributed by atoms with Crippen LogP contribution in [0.2, 0.25) is 0 Å². The van der Waals surface area contributed by atoms with Gasteiger partial charge in [-0.05, 0) is 24.6 Å². The van der Waals surface area contributed by atoms with E-state index in [1.807, 2.05) is 69.6 Å². The van der Waals surface area contributed by atoms with Gasteiger partial charge in [0.25, 0.3) is 0 Å². The molecule has 2 aromatic carbocycles. The van der Waals surface area contributed by atoms with Crippen LogP contribution in [-0.4, -0.2) is 30.3 Å². The van der Waals surface area contributed by atoms with Crippen molar-refractivity contribution in [2.45, 2.75) is 6.92 Å². The number of aryl methyl sites for hydroxylation is 1. The van der Waals surface area contributed by atoms with Crippen molar-refractivity contribution >= 4 is 17.7 Å². The minimum atomic E-state index is 0.674. The van der Waals surface area contributed by atoms with Crippen LogP contribution < -0.4 is 10.3 Å². The summed E-state index contributed by atoms with van der Waals surface area (Å²) in [4.78, 5) is 10.9. The Morgan fingerprint density at radius 1 is 0.960 bits per heavy atom. The zero-order valence-electron chi connectivity index (χ0n) is 14.6. The van der Waals surface area contributed by atoms with Crippen LogP contribution in [0.5, 0.6) is 0 Å². The highest BCUT2D eigenvalue weighted by Gasteiger charge is 2.03. The van der Waals surface area contributed by atoms with E-state index in [2.05, 4.69) is 37.5 Å². The Bertz CT molecular complexity index is 855. The molecule has 5 nitrogen and oxygen atoms in total. The standard InChI is InChI=1S/C20H21N5/c1-15-22-19(17-7-5-4-6-8-17)13-20(23-15)24-21-14-16-9-11-18(12-10-16)25(2)3/h4-14H,1-3H3,(H,22,23,24). The summed E-state index contributed by atoms with van der Waals surface area (Å²) in [6.07, 6.45) is 1.78. The summed E-state index contributed by atoms with van der Waals surface area (Å²) in [5.74, 6) is 1.38. The van der Waals surface area contributed by atoms with Crippen LogP contribution in [0.25, 0.3) is 11.3 Å². The second-order valence-corrected chi connectivity index (χ2v) is 5.91. The molecule has 1 aromatic heterocycles. The van der Waals surface area contributed by atoms with Gasteiger partial charge in [-0.2, -0.15) is 5.10 Å². The van der Waals surface area contributed by atoms with Gasteiger partial charge in [-0.3, -0.25) is 5.43 Å². The summed E-state index contributed by atoms with van der Waals surface area (Å²) < 4.78 is 0. The molecular formula is C20H21N5. The molecule has 0 fully saturated rings. The van der Waals surface area contributed by atoms with Gasteiger partial charge in [-0.15, -0.1) is 0 Å². The predicted molar refractivity (Wildman–Crippen MR) is 104 cm³/mol. The van der Waals surface area contributed by atoms with Gasteiger partial charge < -0.3 is 4.90 Å². The summed E-state index contributed by atoms with van der Waals surface area (Å²) in [5.41, 5.74) is 7.10. The highest BCUT2D eigenvalue weighted by molar-refractivity contribution is 5.81. The summed E-state index contributed by atoms with van der Waals surface area (Å²) >= 11 is 0. The highest BCUT2D eigenvalue weighted by atomic mass is 15.3. The summed E-state index contributed by atoms with van der Waals surface area (Å²) in [6, 6.07) is 20.1. The Balaban J connectivity index is 1.73. The summed E-state index contributed by atoms with van der Waals surface area (Å²) in [6.45, 7) is 1.88. The molecule has 1 N–H and O–H groups in total. The minimum Gasteiger partial charge on any atom is -0.378 e. The van der Waals surface area contributed by atoms with Gasteiger partial charge in [0, 0.05) is 31.4 Å². The van der Waals surface area contributed by atoms with E-state index in [4.69, 9.17) is 0 Å². The number of aromatic nitrogens is 2.